The normalized spacial score (nSPS) is 9.15. The van der Waals surface area contributed by atoms with Gasteiger partial charge in [0.1, 0.15) is 0 Å². The van der Waals surface area contributed by atoms with E-state index in [1.807, 2.05) is 36.1 Å². The number of allylic oxidation sites excluding steroid dienone is 1. The molecule has 0 heterocycles. The SMILES string of the molecule is C=Cc1ccccc1/C=C\C.CI. The van der Waals surface area contributed by atoms with Gasteiger partial charge in [0.15, 0.2) is 0 Å². The van der Waals surface area contributed by atoms with E-state index in [2.05, 4.69) is 47.4 Å². The minimum absolute atomic E-state index is 1.19. The van der Waals surface area contributed by atoms with Crippen LogP contribution in [0.5, 0.6) is 0 Å². The minimum Gasteiger partial charge on any atom is -0.0984 e. The summed E-state index contributed by atoms with van der Waals surface area (Å²) >= 11 is 2.15. The average molecular weight is 286 g/mol. The topological polar surface area (TPSA) is 0 Å². The number of alkyl halides is 1. The first-order chi connectivity index (χ1) is 6.38. The van der Waals surface area contributed by atoms with Crippen LogP contribution < -0.4 is 0 Å². The maximum atomic E-state index is 3.74. The lowest BCUT2D eigenvalue weighted by Gasteiger charge is -1.97. The molecule has 13 heavy (non-hydrogen) atoms. The van der Waals surface area contributed by atoms with Crippen LogP contribution in [0, 0.1) is 0 Å². The second-order valence-corrected chi connectivity index (χ2v) is 2.33. The maximum Gasteiger partial charge on any atom is -0.0121 e. The Hall–Kier alpha value is -0.570. The molecule has 0 saturated heterocycles. The average Bonchev–Trinajstić information content (AvgIpc) is 2.22. The third-order valence-electron chi connectivity index (χ3n) is 1.56. The smallest absolute Gasteiger partial charge is 0.0121 e. The van der Waals surface area contributed by atoms with Gasteiger partial charge < -0.3 is 0 Å². The first-order valence-electron chi connectivity index (χ1n) is 4.10. The Balaban J connectivity index is 0.000000671. The van der Waals surface area contributed by atoms with Gasteiger partial charge in [-0.15, -0.1) is 0 Å². The van der Waals surface area contributed by atoms with Crippen LogP contribution in [0.1, 0.15) is 18.1 Å². The molecule has 1 aromatic rings. The Labute approximate surface area is 94.5 Å². The molecule has 0 N–H and O–H groups in total. The molecule has 0 aliphatic carbocycles. The van der Waals surface area contributed by atoms with Gasteiger partial charge in [-0.25, -0.2) is 0 Å². The predicted molar refractivity (Wildman–Crippen MR) is 71.2 cm³/mol. The quantitative estimate of drug-likeness (QED) is 0.558. The summed E-state index contributed by atoms with van der Waals surface area (Å²) in [5, 5.41) is 0. The van der Waals surface area contributed by atoms with Crippen molar-refractivity contribution in [1.82, 2.24) is 0 Å². The first kappa shape index (κ1) is 12.4. The zero-order valence-electron chi connectivity index (χ0n) is 8.13. The molecule has 0 aromatic heterocycles. The molecule has 0 atom stereocenters. The molecule has 0 spiro atoms. The number of benzene rings is 1. The van der Waals surface area contributed by atoms with Crippen LogP contribution >= 0.6 is 22.6 Å². The summed E-state index contributed by atoms with van der Waals surface area (Å²) in [5.41, 5.74) is 2.41. The van der Waals surface area contributed by atoms with Crippen molar-refractivity contribution in [3.63, 3.8) is 0 Å². The zero-order valence-corrected chi connectivity index (χ0v) is 10.3. The van der Waals surface area contributed by atoms with Crippen molar-refractivity contribution < 1.29 is 0 Å². The van der Waals surface area contributed by atoms with Gasteiger partial charge in [0.25, 0.3) is 0 Å². The Morgan fingerprint density at radius 2 is 1.69 bits per heavy atom. The molecular formula is C12H15I. The minimum atomic E-state index is 1.19. The fourth-order valence-electron chi connectivity index (χ4n) is 1.03. The second kappa shape index (κ2) is 8.05. The molecule has 1 heteroatoms. The standard InChI is InChI=1S/C11H12.CH3I/c1-3-7-11-9-6-5-8-10(11)4-2;1-2/h3-9H,2H2,1H3;1H3/b7-3-;. The molecule has 0 aliphatic rings. The van der Waals surface area contributed by atoms with Crippen molar-refractivity contribution >= 4 is 34.7 Å². The Morgan fingerprint density at radius 1 is 1.15 bits per heavy atom. The van der Waals surface area contributed by atoms with Crippen molar-refractivity contribution in [3.8, 4) is 0 Å². The molecule has 0 nitrogen and oxygen atoms in total. The highest BCUT2D eigenvalue weighted by molar-refractivity contribution is 14.1. The number of halogens is 1. The molecule has 0 amide bonds. The van der Waals surface area contributed by atoms with E-state index in [1.165, 1.54) is 11.1 Å². The van der Waals surface area contributed by atoms with Gasteiger partial charge in [-0.05, 0) is 23.0 Å². The monoisotopic (exact) mass is 286 g/mol. The largest absolute Gasteiger partial charge is 0.0984 e. The summed E-state index contributed by atoms with van der Waals surface area (Å²) in [4.78, 5) is 1.97. The van der Waals surface area contributed by atoms with Crippen molar-refractivity contribution in [1.29, 1.82) is 0 Å². The van der Waals surface area contributed by atoms with Gasteiger partial charge in [0.2, 0.25) is 0 Å². The molecular weight excluding hydrogens is 271 g/mol. The molecule has 1 aromatic carbocycles. The van der Waals surface area contributed by atoms with Gasteiger partial charge in [0, 0.05) is 0 Å². The number of rotatable bonds is 2. The molecule has 70 valence electrons. The van der Waals surface area contributed by atoms with Crippen LogP contribution in [-0.4, -0.2) is 4.93 Å². The fourth-order valence-corrected chi connectivity index (χ4v) is 1.03. The van der Waals surface area contributed by atoms with Gasteiger partial charge in [0.05, 0.1) is 0 Å². The van der Waals surface area contributed by atoms with E-state index in [0.717, 1.165) is 0 Å². The first-order valence-corrected chi connectivity index (χ1v) is 6.26. The van der Waals surface area contributed by atoms with Gasteiger partial charge in [-0.2, -0.15) is 0 Å². The number of hydrogen-bond acceptors (Lipinski definition) is 0. The third kappa shape index (κ3) is 4.27. The lowest BCUT2D eigenvalue weighted by Crippen LogP contribution is -1.76. The third-order valence-corrected chi connectivity index (χ3v) is 1.56. The summed E-state index contributed by atoms with van der Waals surface area (Å²) in [5.74, 6) is 0. The van der Waals surface area contributed by atoms with Crippen molar-refractivity contribution in [3.05, 3.63) is 48.0 Å². The summed E-state index contributed by atoms with van der Waals surface area (Å²) in [6, 6.07) is 8.19. The Kier molecular flexibility index (Phi) is 7.69. The summed E-state index contributed by atoms with van der Waals surface area (Å²) < 4.78 is 0. The highest BCUT2D eigenvalue weighted by Crippen LogP contribution is 2.11. The molecule has 0 radical (unpaired) electrons. The van der Waals surface area contributed by atoms with E-state index < -0.39 is 0 Å². The molecule has 0 aliphatic heterocycles. The highest BCUT2D eigenvalue weighted by Gasteiger charge is 1.90. The highest BCUT2D eigenvalue weighted by atomic mass is 127. The van der Waals surface area contributed by atoms with Crippen LogP contribution in [0.4, 0.5) is 0 Å². The lowest BCUT2D eigenvalue weighted by atomic mass is 10.1. The number of hydrogen-bond donors (Lipinski definition) is 0. The van der Waals surface area contributed by atoms with Crippen molar-refractivity contribution in [2.24, 2.45) is 0 Å². The molecule has 0 bridgehead atoms. The van der Waals surface area contributed by atoms with Crippen molar-refractivity contribution in [2.45, 2.75) is 6.92 Å². The van der Waals surface area contributed by atoms with Crippen LogP contribution in [0.15, 0.2) is 36.9 Å². The fraction of sp³-hybridized carbons (Fsp3) is 0.167. The molecule has 0 fully saturated rings. The Morgan fingerprint density at radius 3 is 2.15 bits per heavy atom. The van der Waals surface area contributed by atoms with Crippen LogP contribution in [0.2, 0.25) is 0 Å². The Bertz CT molecular complexity index is 274. The summed E-state index contributed by atoms with van der Waals surface area (Å²) in [6.45, 7) is 5.75. The molecule has 0 saturated carbocycles. The predicted octanol–water partition coefficient (Wildman–Crippen LogP) is 4.41. The lowest BCUT2D eigenvalue weighted by molar-refractivity contribution is 1.60. The summed E-state index contributed by atoms with van der Waals surface area (Å²) in [7, 11) is 0. The van der Waals surface area contributed by atoms with Crippen LogP contribution in [0.25, 0.3) is 12.2 Å². The van der Waals surface area contributed by atoms with E-state index in [9.17, 15) is 0 Å². The van der Waals surface area contributed by atoms with Crippen molar-refractivity contribution in [2.75, 3.05) is 4.93 Å². The van der Waals surface area contributed by atoms with Gasteiger partial charge in [-0.3, -0.25) is 0 Å². The van der Waals surface area contributed by atoms with Crippen LogP contribution in [-0.2, 0) is 0 Å². The van der Waals surface area contributed by atoms with Crippen LogP contribution in [0.3, 0.4) is 0 Å². The second-order valence-electron chi connectivity index (χ2n) is 2.33. The maximum absolute atomic E-state index is 3.74. The van der Waals surface area contributed by atoms with E-state index in [4.69, 9.17) is 0 Å². The summed E-state index contributed by atoms with van der Waals surface area (Å²) in [6.07, 6.45) is 5.98. The van der Waals surface area contributed by atoms with Gasteiger partial charge in [-0.1, -0.05) is 71.7 Å². The molecule has 1 rings (SSSR count). The van der Waals surface area contributed by atoms with Gasteiger partial charge >= 0.3 is 0 Å². The van der Waals surface area contributed by atoms with E-state index >= 15 is 0 Å². The van der Waals surface area contributed by atoms with E-state index in [-0.39, 0.29) is 0 Å². The van der Waals surface area contributed by atoms with E-state index in [0.29, 0.717) is 0 Å². The van der Waals surface area contributed by atoms with E-state index in [1.54, 1.807) is 0 Å². The molecule has 0 unspecified atom stereocenters. The zero-order chi connectivity index (χ0) is 10.1.